The van der Waals surface area contributed by atoms with Crippen LogP contribution in [-0.2, 0) is 11.2 Å². The van der Waals surface area contributed by atoms with E-state index in [1.54, 1.807) is 78.9 Å². The molecule has 148 valence electrons. The van der Waals surface area contributed by atoms with Gasteiger partial charge in [-0.1, -0.05) is 42.5 Å². The third-order valence-electron chi connectivity index (χ3n) is 4.39. The molecule has 3 rings (SSSR count). The number of ether oxygens (including phenoxy) is 1. The van der Waals surface area contributed by atoms with Gasteiger partial charge in [-0.25, -0.2) is 9.59 Å². The number of hydrogen-bond donors (Lipinski definition) is 3. The van der Waals surface area contributed by atoms with Crippen LogP contribution in [0.15, 0.2) is 78.9 Å². The number of aromatic hydroxyl groups is 1. The fourth-order valence-corrected chi connectivity index (χ4v) is 2.83. The maximum absolute atomic E-state index is 12.3. The molecule has 3 aromatic rings. The molecule has 0 radical (unpaired) electrons. The van der Waals surface area contributed by atoms with E-state index < -0.39 is 18.0 Å². The second-order valence-electron chi connectivity index (χ2n) is 6.49. The summed E-state index contributed by atoms with van der Waals surface area (Å²) in [5.41, 5.74) is 1.75. The predicted molar refractivity (Wildman–Crippen MR) is 109 cm³/mol. The van der Waals surface area contributed by atoms with Gasteiger partial charge in [-0.2, -0.15) is 0 Å². The molecule has 0 heterocycles. The third-order valence-corrected chi connectivity index (χ3v) is 4.39. The number of phenolic OH excluding ortho intramolecular Hbond substituents is 1. The van der Waals surface area contributed by atoms with Crippen molar-refractivity contribution in [2.24, 2.45) is 0 Å². The Morgan fingerprint density at radius 1 is 0.897 bits per heavy atom. The highest BCUT2D eigenvalue weighted by Crippen LogP contribution is 2.26. The highest BCUT2D eigenvalue weighted by Gasteiger charge is 2.20. The summed E-state index contributed by atoms with van der Waals surface area (Å²) >= 11 is 0. The van der Waals surface area contributed by atoms with Crippen LogP contribution in [0.2, 0.25) is 0 Å². The summed E-state index contributed by atoms with van der Waals surface area (Å²) in [4.78, 5) is 24.1. The zero-order valence-electron chi connectivity index (χ0n) is 15.6. The largest absolute Gasteiger partial charge is 0.508 e. The van der Waals surface area contributed by atoms with Crippen molar-refractivity contribution in [1.82, 2.24) is 0 Å². The zero-order valence-corrected chi connectivity index (χ0v) is 15.6. The number of rotatable bonds is 8. The summed E-state index contributed by atoms with van der Waals surface area (Å²) in [6.45, 7) is 0. The number of para-hydroxylation sites is 2. The van der Waals surface area contributed by atoms with Crippen LogP contribution in [0.1, 0.15) is 22.3 Å². The molecular formula is C23H21NO5. The van der Waals surface area contributed by atoms with Crippen LogP contribution in [0.3, 0.4) is 0 Å². The first-order valence-electron chi connectivity index (χ1n) is 9.16. The molecule has 3 N–H and O–H groups in total. The normalized spacial score (nSPS) is 11.4. The molecule has 6 nitrogen and oxygen atoms in total. The molecule has 29 heavy (non-hydrogen) atoms. The zero-order chi connectivity index (χ0) is 20.6. The number of nitrogens with one attached hydrogen (secondary N) is 1. The maximum atomic E-state index is 12.3. The highest BCUT2D eigenvalue weighted by atomic mass is 16.5. The molecule has 0 aliphatic heterocycles. The second-order valence-corrected chi connectivity index (χ2v) is 6.49. The lowest BCUT2D eigenvalue weighted by molar-refractivity contribution is -0.138. The Kier molecular flexibility index (Phi) is 6.47. The van der Waals surface area contributed by atoms with E-state index >= 15 is 0 Å². The van der Waals surface area contributed by atoms with Crippen LogP contribution < -0.4 is 10.1 Å². The summed E-state index contributed by atoms with van der Waals surface area (Å²) < 4.78 is 5.47. The number of carbonyl (C=O) groups is 2. The lowest BCUT2D eigenvalue weighted by Gasteiger charge is -2.18. The molecular weight excluding hydrogens is 370 g/mol. The Bertz CT molecular complexity index is 970. The van der Waals surface area contributed by atoms with Gasteiger partial charge in [0.25, 0.3) is 0 Å². The number of aryl methyl sites for hydroxylation is 1. The molecule has 0 fully saturated rings. The molecule has 0 aliphatic carbocycles. The molecule has 0 amide bonds. The monoisotopic (exact) mass is 391 g/mol. The molecule has 0 saturated carbocycles. The van der Waals surface area contributed by atoms with Crippen LogP contribution in [0, 0.1) is 0 Å². The first kappa shape index (κ1) is 19.9. The second kappa shape index (κ2) is 9.41. The van der Waals surface area contributed by atoms with E-state index in [1.807, 2.05) is 0 Å². The van der Waals surface area contributed by atoms with Crippen LogP contribution in [0.4, 0.5) is 5.69 Å². The van der Waals surface area contributed by atoms with Gasteiger partial charge in [0.1, 0.15) is 11.8 Å². The number of anilines is 1. The van der Waals surface area contributed by atoms with E-state index in [2.05, 4.69) is 5.32 Å². The van der Waals surface area contributed by atoms with Crippen molar-refractivity contribution >= 4 is 17.6 Å². The highest BCUT2D eigenvalue weighted by molar-refractivity contribution is 5.92. The predicted octanol–water partition coefficient (Wildman–Crippen LogP) is 4.11. The Balaban J connectivity index is 1.70. The Hall–Kier alpha value is -3.80. The van der Waals surface area contributed by atoms with Crippen molar-refractivity contribution in [2.75, 3.05) is 5.32 Å². The molecule has 3 aromatic carbocycles. The minimum atomic E-state index is -1.01. The van der Waals surface area contributed by atoms with Crippen molar-refractivity contribution in [3.8, 4) is 11.5 Å². The van der Waals surface area contributed by atoms with Crippen molar-refractivity contribution in [1.29, 1.82) is 0 Å². The van der Waals surface area contributed by atoms with Gasteiger partial charge in [-0.05, 0) is 54.8 Å². The molecule has 6 heteroatoms. The fourth-order valence-electron chi connectivity index (χ4n) is 2.83. The van der Waals surface area contributed by atoms with Gasteiger partial charge in [0.15, 0.2) is 5.75 Å². The van der Waals surface area contributed by atoms with E-state index in [1.165, 1.54) is 0 Å². The summed E-state index contributed by atoms with van der Waals surface area (Å²) in [7, 11) is 0. The molecule has 0 aromatic heterocycles. The lowest BCUT2D eigenvalue weighted by Crippen LogP contribution is -2.30. The molecule has 0 spiro atoms. The molecule has 1 atom stereocenters. The maximum Gasteiger partial charge on any atom is 0.343 e. The Morgan fingerprint density at radius 3 is 2.24 bits per heavy atom. The number of hydrogen-bond acceptors (Lipinski definition) is 5. The minimum Gasteiger partial charge on any atom is -0.508 e. The number of carboxylic acid groups (broad SMARTS) is 1. The summed E-state index contributed by atoms with van der Waals surface area (Å²) in [6.07, 6.45) is 0.831. The van der Waals surface area contributed by atoms with Crippen molar-refractivity contribution in [3.05, 3.63) is 90.0 Å². The van der Waals surface area contributed by atoms with E-state index in [4.69, 9.17) is 4.74 Å². The average molecular weight is 391 g/mol. The van der Waals surface area contributed by atoms with Crippen molar-refractivity contribution in [2.45, 2.75) is 18.9 Å². The smallest absolute Gasteiger partial charge is 0.343 e. The van der Waals surface area contributed by atoms with Crippen LogP contribution in [0.25, 0.3) is 0 Å². The topological polar surface area (TPSA) is 95.9 Å². The van der Waals surface area contributed by atoms with E-state index in [0.717, 1.165) is 5.56 Å². The van der Waals surface area contributed by atoms with Crippen molar-refractivity contribution in [3.63, 3.8) is 0 Å². The van der Waals surface area contributed by atoms with Gasteiger partial charge < -0.3 is 20.3 Å². The van der Waals surface area contributed by atoms with Crippen LogP contribution >= 0.6 is 0 Å². The van der Waals surface area contributed by atoms with Crippen LogP contribution in [-0.4, -0.2) is 28.2 Å². The van der Waals surface area contributed by atoms with E-state index in [9.17, 15) is 19.8 Å². The third kappa shape index (κ3) is 5.59. The van der Waals surface area contributed by atoms with Gasteiger partial charge in [0.05, 0.1) is 11.3 Å². The quantitative estimate of drug-likeness (QED) is 0.395. The van der Waals surface area contributed by atoms with Gasteiger partial charge in [-0.15, -0.1) is 0 Å². The SMILES string of the molecule is O=C(Oc1ccccc1NC(CCc1ccc(O)cc1)C(=O)O)c1ccccc1. The van der Waals surface area contributed by atoms with Gasteiger partial charge in [-0.3, -0.25) is 0 Å². The van der Waals surface area contributed by atoms with Gasteiger partial charge in [0.2, 0.25) is 0 Å². The standard InChI is InChI=1S/C23H21NO5/c25-18-13-10-16(11-14-18)12-15-20(22(26)27)24-19-8-4-5-9-21(19)29-23(28)17-6-2-1-3-7-17/h1-11,13-14,20,24-25H,12,15H2,(H,26,27). The molecule has 1 unspecified atom stereocenters. The first-order valence-corrected chi connectivity index (χ1v) is 9.16. The average Bonchev–Trinajstić information content (AvgIpc) is 2.74. The fraction of sp³-hybridized carbons (Fsp3) is 0.130. The Labute approximate surface area is 168 Å². The van der Waals surface area contributed by atoms with E-state index in [-0.39, 0.29) is 11.5 Å². The molecule has 0 bridgehead atoms. The number of esters is 1. The first-order chi connectivity index (χ1) is 14.0. The number of carbonyl (C=O) groups excluding carboxylic acids is 1. The number of phenols is 1. The van der Waals surface area contributed by atoms with E-state index in [0.29, 0.717) is 24.1 Å². The summed E-state index contributed by atoms with van der Waals surface area (Å²) in [5.74, 6) is -1.10. The van der Waals surface area contributed by atoms with Crippen LogP contribution in [0.5, 0.6) is 11.5 Å². The number of aliphatic carboxylic acids is 1. The van der Waals surface area contributed by atoms with Crippen molar-refractivity contribution < 1.29 is 24.5 Å². The minimum absolute atomic E-state index is 0.163. The lowest BCUT2D eigenvalue weighted by atomic mass is 10.0. The molecule has 0 saturated heterocycles. The summed E-state index contributed by atoms with van der Waals surface area (Å²) in [6, 6.07) is 21.1. The molecule has 0 aliphatic rings. The summed E-state index contributed by atoms with van der Waals surface area (Å²) in [5, 5.41) is 21.9. The number of carboxylic acids is 1. The van der Waals surface area contributed by atoms with Gasteiger partial charge in [0, 0.05) is 0 Å². The number of benzene rings is 3. The Morgan fingerprint density at radius 2 is 1.55 bits per heavy atom. The van der Waals surface area contributed by atoms with Gasteiger partial charge >= 0.3 is 11.9 Å².